The lowest BCUT2D eigenvalue weighted by Gasteiger charge is -2.32. The van der Waals surface area contributed by atoms with Gasteiger partial charge in [-0.1, -0.05) is 13.8 Å². The Morgan fingerprint density at radius 2 is 1.92 bits per heavy atom. The molecule has 0 saturated carbocycles. The fourth-order valence-corrected chi connectivity index (χ4v) is 3.43. The Morgan fingerprint density at radius 3 is 2.17 bits per heavy atom. The molecule has 2 atom stereocenters. The van der Waals surface area contributed by atoms with Crippen LogP contribution >= 0.6 is 0 Å². The predicted octanol–water partition coefficient (Wildman–Crippen LogP) is 2.66. The fourth-order valence-electron chi connectivity index (χ4n) is 3.43. The van der Waals surface area contributed by atoms with E-state index >= 15 is 0 Å². The minimum Gasteiger partial charge on any atom is -0.294 e. The van der Waals surface area contributed by atoms with Crippen LogP contribution in [0.2, 0.25) is 0 Å². The van der Waals surface area contributed by atoms with Crippen LogP contribution in [-0.4, -0.2) is 23.0 Å². The third-order valence-corrected chi connectivity index (χ3v) is 3.81. The van der Waals surface area contributed by atoms with Crippen LogP contribution in [0.15, 0.2) is 0 Å². The first kappa shape index (κ1) is 8.55. The summed E-state index contributed by atoms with van der Waals surface area (Å²) >= 11 is 0. The molecule has 0 aliphatic carbocycles. The van der Waals surface area contributed by atoms with Crippen LogP contribution < -0.4 is 0 Å². The van der Waals surface area contributed by atoms with Gasteiger partial charge in [-0.25, -0.2) is 0 Å². The second kappa shape index (κ2) is 2.47. The summed E-state index contributed by atoms with van der Waals surface area (Å²) in [6.45, 7) is 9.55. The SMILES string of the molecule is CC(C)N1C2CCC1C(C)(C)C2. The third-order valence-electron chi connectivity index (χ3n) is 3.81. The molecule has 2 bridgehead atoms. The van der Waals surface area contributed by atoms with Gasteiger partial charge in [-0.2, -0.15) is 0 Å². The van der Waals surface area contributed by atoms with Crippen molar-refractivity contribution in [3.8, 4) is 0 Å². The van der Waals surface area contributed by atoms with Gasteiger partial charge >= 0.3 is 0 Å². The van der Waals surface area contributed by atoms with E-state index in [0.29, 0.717) is 5.41 Å². The molecule has 1 nitrogen and oxygen atoms in total. The lowest BCUT2D eigenvalue weighted by Crippen LogP contribution is -2.38. The van der Waals surface area contributed by atoms with E-state index in [2.05, 4.69) is 32.6 Å². The summed E-state index contributed by atoms with van der Waals surface area (Å²) in [6.07, 6.45) is 4.32. The van der Waals surface area contributed by atoms with E-state index in [1.165, 1.54) is 19.3 Å². The Hall–Kier alpha value is -0.0400. The van der Waals surface area contributed by atoms with Crippen molar-refractivity contribution in [2.75, 3.05) is 0 Å². The Morgan fingerprint density at radius 1 is 1.25 bits per heavy atom. The number of hydrogen-bond donors (Lipinski definition) is 0. The maximum atomic E-state index is 2.75. The summed E-state index contributed by atoms with van der Waals surface area (Å²) in [4.78, 5) is 2.75. The summed E-state index contributed by atoms with van der Waals surface area (Å²) in [5.74, 6) is 0. The van der Waals surface area contributed by atoms with Gasteiger partial charge in [0.1, 0.15) is 0 Å². The number of rotatable bonds is 1. The van der Waals surface area contributed by atoms with Crippen molar-refractivity contribution in [3.63, 3.8) is 0 Å². The van der Waals surface area contributed by atoms with Gasteiger partial charge in [-0.15, -0.1) is 0 Å². The van der Waals surface area contributed by atoms with Crippen molar-refractivity contribution in [3.05, 3.63) is 0 Å². The standard InChI is InChI=1S/C11H21N/c1-8(2)12-9-5-6-10(12)11(3,4)7-9/h8-10H,5-7H2,1-4H3. The van der Waals surface area contributed by atoms with Gasteiger partial charge in [0.05, 0.1) is 0 Å². The Bertz CT molecular complexity index is 183. The van der Waals surface area contributed by atoms with Crippen LogP contribution in [-0.2, 0) is 0 Å². The molecule has 12 heavy (non-hydrogen) atoms. The molecule has 70 valence electrons. The quantitative estimate of drug-likeness (QED) is 0.580. The molecule has 2 aliphatic heterocycles. The van der Waals surface area contributed by atoms with Crippen molar-refractivity contribution in [1.29, 1.82) is 0 Å². The molecular weight excluding hydrogens is 146 g/mol. The number of nitrogens with zero attached hydrogens (tertiary/aromatic N) is 1. The molecule has 0 N–H and O–H groups in total. The van der Waals surface area contributed by atoms with E-state index in [1.54, 1.807) is 0 Å². The van der Waals surface area contributed by atoms with Crippen LogP contribution in [0.4, 0.5) is 0 Å². The average Bonchev–Trinajstić information content (AvgIpc) is 2.38. The van der Waals surface area contributed by atoms with Crippen molar-refractivity contribution in [2.24, 2.45) is 5.41 Å². The topological polar surface area (TPSA) is 3.24 Å². The monoisotopic (exact) mass is 167 g/mol. The normalized spacial score (nSPS) is 39.8. The molecule has 1 heteroatoms. The van der Waals surface area contributed by atoms with Crippen LogP contribution in [0.1, 0.15) is 47.0 Å². The summed E-state index contributed by atoms with van der Waals surface area (Å²) in [7, 11) is 0. The van der Waals surface area contributed by atoms with Crippen LogP contribution in [0.3, 0.4) is 0 Å². The number of hydrogen-bond acceptors (Lipinski definition) is 1. The van der Waals surface area contributed by atoms with Crippen molar-refractivity contribution >= 4 is 0 Å². The largest absolute Gasteiger partial charge is 0.294 e. The first-order valence-corrected chi connectivity index (χ1v) is 5.30. The van der Waals surface area contributed by atoms with E-state index in [9.17, 15) is 0 Å². The molecule has 2 aliphatic rings. The first-order valence-electron chi connectivity index (χ1n) is 5.30. The van der Waals surface area contributed by atoms with Crippen molar-refractivity contribution < 1.29 is 0 Å². The van der Waals surface area contributed by atoms with Crippen LogP contribution in [0.25, 0.3) is 0 Å². The second-order valence-corrected chi connectivity index (χ2v) is 5.48. The summed E-state index contributed by atoms with van der Waals surface area (Å²) in [5.41, 5.74) is 0.590. The van der Waals surface area contributed by atoms with E-state index in [4.69, 9.17) is 0 Å². The molecule has 2 saturated heterocycles. The molecule has 0 spiro atoms. The zero-order valence-electron chi connectivity index (χ0n) is 8.80. The Balaban J connectivity index is 2.20. The van der Waals surface area contributed by atoms with Gasteiger partial charge in [0.15, 0.2) is 0 Å². The van der Waals surface area contributed by atoms with E-state index in [1.807, 2.05) is 0 Å². The molecule has 0 radical (unpaired) electrons. The van der Waals surface area contributed by atoms with E-state index in [-0.39, 0.29) is 0 Å². The molecule has 2 rings (SSSR count). The molecule has 0 aromatic rings. The minimum absolute atomic E-state index is 0.590. The van der Waals surface area contributed by atoms with Gasteiger partial charge in [0.2, 0.25) is 0 Å². The average molecular weight is 167 g/mol. The van der Waals surface area contributed by atoms with Crippen LogP contribution in [0.5, 0.6) is 0 Å². The number of fused-ring (bicyclic) bond motifs is 2. The lowest BCUT2D eigenvalue weighted by molar-refractivity contribution is 0.162. The van der Waals surface area contributed by atoms with E-state index < -0.39 is 0 Å². The zero-order valence-corrected chi connectivity index (χ0v) is 8.80. The summed E-state index contributed by atoms with van der Waals surface area (Å²) < 4.78 is 0. The Kier molecular flexibility index (Phi) is 1.76. The molecule has 0 amide bonds. The molecule has 2 heterocycles. The lowest BCUT2D eigenvalue weighted by atomic mass is 9.77. The van der Waals surface area contributed by atoms with Crippen molar-refractivity contribution in [2.45, 2.75) is 65.1 Å². The van der Waals surface area contributed by atoms with Gasteiger partial charge in [-0.05, 0) is 38.5 Å². The second-order valence-electron chi connectivity index (χ2n) is 5.48. The highest BCUT2D eigenvalue weighted by Crippen LogP contribution is 2.49. The first-order chi connectivity index (χ1) is 5.52. The van der Waals surface area contributed by atoms with Crippen LogP contribution in [0, 0.1) is 5.41 Å². The maximum absolute atomic E-state index is 2.75. The molecular formula is C11H21N. The smallest absolute Gasteiger partial charge is 0.0153 e. The fraction of sp³-hybridized carbons (Fsp3) is 1.00. The predicted molar refractivity (Wildman–Crippen MR) is 52.2 cm³/mol. The minimum atomic E-state index is 0.590. The maximum Gasteiger partial charge on any atom is 0.0153 e. The summed E-state index contributed by atoms with van der Waals surface area (Å²) in [6, 6.07) is 2.54. The van der Waals surface area contributed by atoms with E-state index in [0.717, 1.165) is 18.1 Å². The van der Waals surface area contributed by atoms with Gasteiger partial charge in [0.25, 0.3) is 0 Å². The van der Waals surface area contributed by atoms with Gasteiger partial charge < -0.3 is 0 Å². The van der Waals surface area contributed by atoms with Crippen molar-refractivity contribution in [1.82, 2.24) is 4.90 Å². The molecule has 0 aromatic heterocycles. The highest BCUT2D eigenvalue weighted by Gasteiger charge is 2.51. The molecule has 2 unspecified atom stereocenters. The third kappa shape index (κ3) is 1.02. The highest BCUT2D eigenvalue weighted by atomic mass is 15.3. The van der Waals surface area contributed by atoms with Gasteiger partial charge in [-0.3, -0.25) is 4.90 Å². The molecule has 2 fully saturated rings. The highest BCUT2D eigenvalue weighted by molar-refractivity contribution is 5.05. The zero-order chi connectivity index (χ0) is 8.93. The van der Waals surface area contributed by atoms with Gasteiger partial charge in [0, 0.05) is 18.1 Å². The Labute approximate surface area is 76.1 Å². The summed E-state index contributed by atoms with van der Waals surface area (Å²) in [5, 5.41) is 0. The molecule has 0 aromatic carbocycles.